The monoisotopic (exact) mass is 250 g/mol. The Labute approximate surface area is 103 Å². The molecule has 0 radical (unpaired) electrons. The molecule has 1 heterocycles. The van der Waals surface area contributed by atoms with Crippen LogP contribution in [0.3, 0.4) is 0 Å². The van der Waals surface area contributed by atoms with E-state index in [1.54, 1.807) is 0 Å². The van der Waals surface area contributed by atoms with Gasteiger partial charge in [0.1, 0.15) is 5.15 Å². The maximum atomic E-state index is 11.3. The predicted octanol–water partition coefficient (Wildman–Crippen LogP) is 2.39. The zero-order chi connectivity index (χ0) is 12.4. The van der Waals surface area contributed by atoms with Crippen molar-refractivity contribution in [2.24, 2.45) is 5.73 Å². The summed E-state index contributed by atoms with van der Waals surface area (Å²) in [5, 5.41) is 1.73. The Hall–Kier alpha value is -1.81. The molecule has 2 aromatic rings. The van der Waals surface area contributed by atoms with Crippen LogP contribution in [0.2, 0.25) is 5.15 Å². The van der Waals surface area contributed by atoms with Gasteiger partial charge in [-0.05, 0) is 6.92 Å². The molecule has 0 atom stereocenters. The highest BCUT2D eigenvalue weighted by atomic mass is 35.5. The van der Waals surface area contributed by atoms with Crippen LogP contribution < -0.4 is 10.5 Å². The van der Waals surface area contributed by atoms with Gasteiger partial charge in [0, 0.05) is 10.8 Å². The summed E-state index contributed by atoms with van der Waals surface area (Å²) in [4.78, 5) is 15.3. The molecule has 0 unspecified atom stereocenters. The molecular formula is C12H11ClN2O2. The number of rotatable bonds is 3. The van der Waals surface area contributed by atoms with Gasteiger partial charge in [0.15, 0.2) is 11.4 Å². The summed E-state index contributed by atoms with van der Waals surface area (Å²) >= 11 is 6.00. The number of hydrogen-bond donors (Lipinski definition) is 1. The van der Waals surface area contributed by atoms with Crippen LogP contribution in [-0.4, -0.2) is 17.5 Å². The summed E-state index contributed by atoms with van der Waals surface area (Å²) in [7, 11) is 0. The van der Waals surface area contributed by atoms with Gasteiger partial charge < -0.3 is 10.5 Å². The number of nitrogens with two attached hydrogens (primary N) is 1. The summed E-state index contributed by atoms with van der Waals surface area (Å²) in [5.74, 6) is -0.263. The van der Waals surface area contributed by atoms with Crippen LogP contribution >= 0.6 is 11.6 Å². The van der Waals surface area contributed by atoms with Crippen LogP contribution in [0.4, 0.5) is 0 Å². The Balaban J connectivity index is 2.82. The highest BCUT2D eigenvalue weighted by Gasteiger charge is 2.17. The number of nitrogens with zero attached hydrogens (tertiary/aromatic N) is 1. The lowest BCUT2D eigenvalue weighted by atomic mass is 10.1. The van der Waals surface area contributed by atoms with E-state index < -0.39 is 5.91 Å². The smallest absolute Gasteiger partial charge is 0.271 e. The number of fused-ring (bicyclic) bond motifs is 1. The first-order valence-corrected chi connectivity index (χ1v) is 5.53. The van der Waals surface area contributed by atoms with Crippen LogP contribution in [0.25, 0.3) is 10.8 Å². The molecule has 4 nitrogen and oxygen atoms in total. The zero-order valence-corrected chi connectivity index (χ0v) is 9.99. The fourth-order valence-electron chi connectivity index (χ4n) is 1.66. The average Bonchev–Trinajstić information content (AvgIpc) is 2.32. The maximum Gasteiger partial charge on any atom is 0.271 e. The Morgan fingerprint density at radius 1 is 1.41 bits per heavy atom. The fourth-order valence-corrected chi connectivity index (χ4v) is 1.90. The van der Waals surface area contributed by atoms with Gasteiger partial charge in [-0.1, -0.05) is 35.9 Å². The van der Waals surface area contributed by atoms with Crippen molar-refractivity contribution in [2.75, 3.05) is 6.61 Å². The molecule has 2 rings (SSSR count). The lowest BCUT2D eigenvalue weighted by Gasteiger charge is -2.11. The molecule has 0 bridgehead atoms. The number of amides is 1. The third-order valence-electron chi connectivity index (χ3n) is 2.34. The molecular weight excluding hydrogens is 240 g/mol. The minimum atomic E-state index is -0.652. The summed E-state index contributed by atoms with van der Waals surface area (Å²) in [6.45, 7) is 2.25. The normalized spacial score (nSPS) is 10.5. The van der Waals surface area contributed by atoms with Crippen molar-refractivity contribution in [3.63, 3.8) is 0 Å². The zero-order valence-electron chi connectivity index (χ0n) is 9.24. The largest absolute Gasteiger partial charge is 0.491 e. The molecule has 5 heteroatoms. The van der Waals surface area contributed by atoms with Gasteiger partial charge >= 0.3 is 0 Å². The van der Waals surface area contributed by atoms with Gasteiger partial charge in [-0.15, -0.1) is 0 Å². The molecule has 1 amide bonds. The lowest BCUT2D eigenvalue weighted by molar-refractivity contribution is 0.0992. The van der Waals surface area contributed by atoms with E-state index in [4.69, 9.17) is 22.1 Å². The Kier molecular flexibility index (Phi) is 3.15. The minimum Gasteiger partial charge on any atom is -0.491 e. The van der Waals surface area contributed by atoms with Crippen LogP contribution in [0.1, 0.15) is 17.4 Å². The maximum absolute atomic E-state index is 11.3. The summed E-state index contributed by atoms with van der Waals surface area (Å²) in [6, 6.07) is 7.32. The van der Waals surface area contributed by atoms with E-state index in [-0.39, 0.29) is 10.8 Å². The molecule has 0 saturated carbocycles. The molecule has 2 N–H and O–H groups in total. The third kappa shape index (κ3) is 2.03. The van der Waals surface area contributed by atoms with Gasteiger partial charge in [0.05, 0.1) is 6.61 Å². The molecule has 0 aliphatic heterocycles. The Morgan fingerprint density at radius 2 is 2.06 bits per heavy atom. The molecule has 0 fully saturated rings. The first kappa shape index (κ1) is 11.7. The second-order valence-corrected chi connectivity index (χ2v) is 3.78. The number of carbonyl (C=O) groups excluding carboxylic acids is 1. The van der Waals surface area contributed by atoms with Crippen LogP contribution in [0.5, 0.6) is 5.75 Å². The number of pyridine rings is 1. The summed E-state index contributed by atoms with van der Waals surface area (Å²) in [5.41, 5.74) is 5.33. The molecule has 0 aliphatic rings. The van der Waals surface area contributed by atoms with Gasteiger partial charge in [-0.3, -0.25) is 4.79 Å². The Bertz CT molecular complexity index is 584. The van der Waals surface area contributed by atoms with Crippen molar-refractivity contribution in [3.8, 4) is 5.75 Å². The second-order valence-electron chi connectivity index (χ2n) is 3.42. The molecule has 1 aromatic heterocycles. The van der Waals surface area contributed by atoms with E-state index in [9.17, 15) is 4.79 Å². The molecule has 0 spiro atoms. The topological polar surface area (TPSA) is 65.2 Å². The standard InChI is InChI=1S/C12H11ClN2O2/c1-2-17-10-7-5-3-4-6-8(7)11(13)15-9(10)12(14)16/h3-6H,2H2,1H3,(H2,14,16). The van der Waals surface area contributed by atoms with Gasteiger partial charge in [-0.2, -0.15) is 0 Å². The molecule has 1 aromatic carbocycles. The number of benzene rings is 1. The van der Waals surface area contributed by atoms with E-state index in [1.165, 1.54) is 0 Å². The second kappa shape index (κ2) is 4.59. The van der Waals surface area contributed by atoms with E-state index in [2.05, 4.69) is 4.98 Å². The summed E-state index contributed by atoms with van der Waals surface area (Å²) < 4.78 is 5.44. The van der Waals surface area contributed by atoms with E-state index in [1.807, 2.05) is 31.2 Å². The number of halogens is 1. The quantitative estimate of drug-likeness (QED) is 0.851. The first-order valence-electron chi connectivity index (χ1n) is 5.16. The van der Waals surface area contributed by atoms with Crippen LogP contribution in [0.15, 0.2) is 24.3 Å². The van der Waals surface area contributed by atoms with Crippen molar-refractivity contribution >= 4 is 28.3 Å². The van der Waals surface area contributed by atoms with Gasteiger partial charge in [-0.25, -0.2) is 4.98 Å². The Morgan fingerprint density at radius 3 is 2.65 bits per heavy atom. The van der Waals surface area contributed by atoms with Crippen LogP contribution in [-0.2, 0) is 0 Å². The molecule has 88 valence electrons. The van der Waals surface area contributed by atoms with Crippen LogP contribution in [0, 0.1) is 0 Å². The van der Waals surface area contributed by atoms with Gasteiger partial charge in [0.25, 0.3) is 5.91 Å². The highest BCUT2D eigenvalue weighted by Crippen LogP contribution is 2.32. The van der Waals surface area contributed by atoms with Crippen molar-refractivity contribution in [1.82, 2.24) is 4.98 Å². The van der Waals surface area contributed by atoms with Gasteiger partial charge in [0.2, 0.25) is 0 Å². The highest BCUT2D eigenvalue weighted by molar-refractivity contribution is 6.34. The number of hydrogen-bond acceptors (Lipinski definition) is 3. The van der Waals surface area contributed by atoms with E-state index >= 15 is 0 Å². The minimum absolute atomic E-state index is 0.0653. The summed E-state index contributed by atoms with van der Waals surface area (Å²) in [6.07, 6.45) is 0. The van der Waals surface area contributed by atoms with E-state index in [0.717, 1.165) is 10.8 Å². The fraction of sp³-hybridized carbons (Fsp3) is 0.167. The SMILES string of the molecule is CCOc1c(C(N)=O)nc(Cl)c2ccccc12. The van der Waals surface area contributed by atoms with E-state index in [0.29, 0.717) is 12.4 Å². The molecule has 0 saturated heterocycles. The predicted molar refractivity (Wildman–Crippen MR) is 66.4 cm³/mol. The number of aromatic nitrogens is 1. The number of primary amides is 1. The third-order valence-corrected chi connectivity index (χ3v) is 2.63. The van der Waals surface area contributed by atoms with Crippen molar-refractivity contribution < 1.29 is 9.53 Å². The molecule has 0 aliphatic carbocycles. The first-order chi connectivity index (χ1) is 8.15. The average molecular weight is 251 g/mol. The number of carbonyl (C=O) groups is 1. The van der Waals surface area contributed by atoms with Crippen molar-refractivity contribution in [2.45, 2.75) is 6.92 Å². The lowest BCUT2D eigenvalue weighted by Crippen LogP contribution is -2.15. The van der Waals surface area contributed by atoms with Crippen molar-refractivity contribution in [3.05, 3.63) is 35.1 Å². The van der Waals surface area contributed by atoms with Crippen molar-refractivity contribution in [1.29, 1.82) is 0 Å². The number of ether oxygens (including phenoxy) is 1. The molecule has 17 heavy (non-hydrogen) atoms.